The molecule has 1 aliphatic heterocycles. The Labute approximate surface area is 272 Å². The number of piperazine rings is 1. The number of aryl methyl sites for hydroxylation is 1. The number of carbonyl (C=O) groups excluding carboxylic acids is 2. The van der Waals surface area contributed by atoms with E-state index in [-0.39, 0.29) is 35.4 Å². The molecule has 2 heterocycles. The van der Waals surface area contributed by atoms with E-state index in [2.05, 4.69) is 20.9 Å². The average Bonchev–Trinajstić information content (AvgIpc) is 3.89. The van der Waals surface area contributed by atoms with Gasteiger partial charge < -0.3 is 20.7 Å². The highest BCUT2D eigenvalue weighted by Gasteiger charge is 2.43. The van der Waals surface area contributed by atoms with Gasteiger partial charge in [-0.25, -0.2) is 26.4 Å². The van der Waals surface area contributed by atoms with E-state index in [1.807, 2.05) is 0 Å². The lowest BCUT2D eigenvalue weighted by Crippen LogP contribution is -2.54. The SMILES string of the molecule is COC(=O)N[C@H](C(=O)Nc1cncc(F)c1CCC[C@H]1CNCCN1S(=O)(=O)C1CC1)[C@H](c1cc(C)cc(F)c1)C1C=CC(F)=CC1. The van der Waals surface area contributed by atoms with Crippen molar-refractivity contribution >= 4 is 27.7 Å². The van der Waals surface area contributed by atoms with Crippen LogP contribution in [-0.2, 0) is 26.0 Å². The molecule has 14 heteroatoms. The Bertz CT molecular complexity index is 1630. The molecule has 254 valence electrons. The molecule has 2 fully saturated rings. The number of alkyl carbamates (subject to hydrolysis) is 1. The largest absolute Gasteiger partial charge is 0.453 e. The molecule has 0 radical (unpaired) electrons. The maximum Gasteiger partial charge on any atom is 0.407 e. The lowest BCUT2D eigenvalue weighted by atomic mass is 9.76. The third-order valence-electron chi connectivity index (χ3n) is 8.89. The summed E-state index contributed by atoms with van der Waals surface area (Å²) >= 11 is 0. The summed E-state index contributed by atoms with van der Waals surface area (Å²) in [5, 5.41) is 8.19. The quantitative estimate of drug-likeness (QED) is 0.299. The van der Waals surface area contributed by atoms with Crippen LogP contribution < -0.4 is 16.0 Å². The van der Waals surface area contributed by atoms with Gasteiger partial charge in [0.2, 0.25) is 15.9 Å². The van der Waals surface area contributed by atoms with Crippen molar-refractivity contribution in [3.63, 3.8) is 0 Å². The molecule has 0 spiro atoms. The standard InChI is InChI=1S/C33H40F3N5O5S/c1-20-14-22(16-24(35)15-20)30(21-6-8-23(34)9-7-21)31(40-33(43)46-2)32(42)39-29-19-38-18-28(36)27(29)5-3-4-25-17-37-12-13-41(25)47(44,45)26-10-11-26/h6,8-9,14-16,18-19,21,25-26,30-31,37H,3-5,7,10-13,17H2,1-2H3,(H,39,42)(H,40,43)/t21?,25-,30-,31-/m0/s1. The highest BCUT2D eigenvalue weighted by molar-refractivity contribution is 7.90. The Morgan fingerprint density at radius 2 is 1.96 bits per heavy atom. The summed E-state index contributed by atoms with van der Waals surface area (Å²) < 4.78 is 76.2. The molecule has 2 amide bonds. The Hall–Kier alpha value is -3.75. The number of methoxy groups -OCH3 is 1. The molecule has 4 atom stereocenters. The van der Waals surface area contributed by atoms with Crippen LogP contribution >= 0.6 is 0 Å². The lowest BCUT2D eigenvalue weighted by molar-refractivity contribution is -0.118. The lowest BCUT2D eigenvalue weighted by Gasteiger charge is -2.35. The second-order valence-electron chi connectivity index (χ2n) is 12.3. The van der Waals surface area contributed by atoms with Gasteiger partial charge in [-0.05, 0) is 86.8 Å². The third kappa shape index (κ3) is 8.40. The summed E-state index contributed by atoms with van der Waals surface area (Å²) in [5.74, 6) is -3.78. The molecule has 1 aromatic heterocycles. The zero-order chi connectivity index (χ0) is 33.7. The molecule has 47 heavy (non-hydrogen) atoms. The molecule has 1 aromatic carbocycles. The number of anilines is 1. The van der Waals surface area contributed by atoms with Gasteiger partial charge >= 0.3 is 6.09 Å². The number of nitrogens with one attached hydrogen (secondary N) is 3. The molecule has 1 saturated heterocycles. The molecule has 1 unspecified atom stereocenters. The number of ether oxygens (including phenoxy) is 1. The van der Waals surface area contributed by atoms with Gasteiger partial charge in [-0.3, -0.25) is 9.78 Å². The number of sulfonamides is 1. The van der Waals surface area contributed by atoms with Gasteiger partial charge in [0.05, 0.1) is 30.4 Å². The second kappa shape index (κ2) is 15.0. The maximum atomic E-state index is 15.2. The first-order valence-corrected chi connectivity index (χ1v) is 17.3. The van der Waals surface area contributed by atoms with Crippen LogP contribution in [-0.4, -0.2) is 73.8 Å². The van der Waals surface area contributed by atoms with Crippen molar-refractivity contribution in [1.82, 2.24) is 19.9 Å². The number of amides is 2. The van der Waals surface area contributed by atoms with E-state index in [4.69, 9.17) is 4.74 Å². The molecule has 0 bridgehead atoms. The molecule has 2 aromatic rings. The number of rotatable bonds is 12. The fourth-order valence-corrected chi connectivity index (χ4v) is 8.51. The van der Waals surface area contributed by atoms with Gasteiger partial charge in [-0.2, -0.15) is 4.31 Å². The van der Waals surface area contributed by atoms with Gasteiger partial charge in [0, 0.05) is 37.2 Å². The van der Waals surface area contributed by atoms with Crippen LogP contribution in [0.3, 0.4) is 0 Å². The highest BCUT2D eigenvalue weighted by Crippen LogP contribution is 2.37. The monoisotopic (exact) mass is 675 g/mol. The molecule has 3 N–H and O–H groups in total. The van der Waals surface area contributed by atoms with Crippen LogP contribution in [0, 0.1) is 24.5 Å². The zero-order valence-electron chi connectivity index (χ0n) is 26.3. The van der Waals surface area contributed by atoms with Gasteiger partial charge in [-0.1, -0.05) is 12.1 Å². The average molecular weight is 676 g/mol. The molecular weight excluding hydrogens is 635 g/mol. The predicted molar refractivity (Wildman–Crippen MR) is 171 cm³/mol. The topological polar surface area (TPSA) is 130 Å². The summed E-state index contributed by atoms with van der Waals surface area (Å²) in [7, 11) is -2.24. The summed E-state index contributed by atoms with van der Waals surface area (Å²) in [4.78, 5) is 30.5. The fourth-order valence-electron chi connectivity index (χ4n) is 6.45. The summed E-state index contributed by atoms with van der Waals surface area (Å²) in [6, 6.07) is 2.66. The number of allylic oxidation sites excluding steroid dienone is 4. The Kier molecular flexibility index (Phi) is 11.0. The first-order chi connectivity index (χ1) is 22.5. The second-order valence-corrected chi connectivity index (χ2v) is 14.5. The van der Waals surface area contributed by atoms with E-state index in [9.17, 15) is 26.8 Å². The van der Waals surface area contributed by atoms with E-state index in [1.54, 1.807) is 23.4 Å². The van der Waals surface area contributed by atoms with Crippen LogP contribution in [0.25, 0.3) is 0 Å². The van der Waals surface area contributed by atoms with E-state index in [0.717, 1.165) is 13.3 Å². The Morgan fingerprint density at radius 3 is 2.64 bits per heavy atom. The van der Waals surface area contributed by atoms with Crippen LogP contribution in [0.1, 0.15) is 54.7 Å². The van der Waals surface area contributed by atoms with Crippen molar-refractivity contribution in [1.29, 1.82) is 0 Å². The summed E-state index contributed by atoms with van der Waals surface area (Å²) in [6.07, 6.45) is 8.17. The summed E-state index contributed by atoms with van der Waals surface area (Å²) in [6.45, 7) is 3.13. The minimum atomic E-state index is -3.38. The molecular formula is C33H40F3N5O5S. The highest BCUT2D eigenvalue weighted by atomic mass is 32.2. The Morgan fingerprint density at radius 1 is 1.17 bits per heavy atom. The maximum absolute atomic E-state index is 15.2. The van der Waals surface area contributed by atoms with E-state index >= 15 is 4.39 Å². The molecule has 3 aliphatic rings. The number of hydrogen-bond donors (Lipinski definition) is 3. The first-order valence-electron chi connectivity index (χ1n) is 15.8. The van der Waals surface area contributed by atoms with E-state index in [1.165, 1.54) is 30.5 Å². The molecule has 5 rings (SSSR count). The van der Waals surface area contributed by atoms with Gasteiger partial charge in [0.15, 0.2) is 0 Å². The van der Waals surface area contributed by atoms with Crippen molar-refractivity contribution < 1.29 is 35.9 Å². The van der Waals surface area contributed by atoms with Gasteiger partial charge in [-0.15, -0.1) is 0 Å². The van der Waals surface area contributed by atoms with Crippen LogP contribution in [0.5, 0.6) is 0 Å². The number of benzene rings is 1. The number of aromatic nitrogens is 1. The van der Waals surface area contributed by atoms with Crippen molar-refractivity contribution in [2.45, 2.75) is 68.7 Å². The van der Waals surface area contributed by atoms with Gasteiger partial charge in [0.25, 0.3) is 0 Å². The van der Waals surface area contributed by atoms with Crippen molar-refractivity contribution in [3.8, 4) is 0 Å². The fraction of sp³-hybridized carbons (Fsp3) is 0.485. The van der Waals surface area contributed by atoms with Crippen LogP contribution in [0.2, 0.25) is 0 Å². The minimum absolute atomic E-state index is 0.0789. The van der Waals surface area contributed by atoms with E-state index in [0.29, 0.717) is 56.4 Å². The summed E-state index contributed by atoms with van der Waals surface area (Å²) in [5.41, 5.74) is 1.23. The predicted octanol–water partition coefficient (Wildman–Crippen LogP) is 4.63. The number of hydrogen-bond acceptors (Lipinski definition) is 7. The number of halogens is 3. The number of pyridine rings is 1. The normalized spacial score (nSPS) is 21.4. The smallest absolute Gasteiger partial charge is 0.407 e. The van der Waals surface area contributed by atoms with E-state index < -0.39 is 57.4 Å². The zero-order valence-corrected chi connectivity index (χ0v) is 27.2. The third-order valence-corrected chi connectivity index (χ3v) is 11.3. The molecule has 1 saturated carbocycles. The minimum Gasteiger partial charge on any atom is -0.453 e. The van der Waals surface area contributed by atoms with Crippen molar-refractivity contribution in [2.24, 2.45) is 5.92 Å². The van der Waals surface area contributed by atoms with Gasteiger partial charge in [0.1, 0.15) is 23.5 Å². The number of carbonyl (C=O) groups is 2. The molecule has 10 nitrogen and oxygen atoms in total. The molecule has 2 aliphatic carbocycles. The van der Waals surface area contributed by atoms with Crippen LogP contribution in [0.15, 0.2) is 54.6 Å². The Balaban J connectivity index is 1.39. The number of nitrogens with zero attached hydrogens (tertiary/aromatic N) is 2. The van der Waals surface area contributed by atoms with Crippen molar-refractivity contribution in [2.75, 3.05) is 32.1 Å². The van der Waals surface area contributed by atoms with Crippen LogP contribution in [0.4, 0.5) is 23.7 Å². The first kappa shape index (κ1) is 34.6. The van der Waals surface area contributed by atoms with Crippen molar-refractivity contribution in [3.05, 3.63) is 83.0 Å².